The van der Waals surface area contributed by atoms with Crippen LogP contribution in [0.2, 0.25) is 0 Å². The normalized spacial score (nSPS) is 31.5. The van der Waals surface area contributed by atoms with Crippen LogP contribution in [-0.2, 0) is 4.79 Å². The van der Waals surface area contributed by atoms with Crippen LogP contribution in [0.3, 0.4) is 0 Å². The molecule has 2 aliphatic heterocycles. The van der Waals surface area contributed by atoms with Gasteiger partial charge < -0.3 is 4.90 Å². The molecule has 2 heterocycles. The fourth-order valence-corrected chi connectivity index (χ4v) is 3.51. The maximum Gasteiger partial charge on any atom is 0.241 e. The number of nitrogens with one attached hydrogen (secondary N) is 1. The van der Waals surface area contributed by atoms with E-state index >= 15 is 0 Å². The third kappa shape index (κ3) is 2.48. The highest BCUT2D eigenvalue weighted by molar-refractivity contribution is 7.99. The summed E-state index contributed by atoms with van der Waals surface area (Å²) in [7, 11) is 0. The zero-order valence-corrected chi connectivity index (χ0v) is 10.2. The van der Waals surface area contributed by atoms with Gasteiger partial charge >= 0.3 is 0 Å². The Hall–Kier alpha value is -0.220. The van der Waals surface area contributed by atoms with Crippen molar-refractivity contribution in [1.29, 1.82) is 0 Å². The summed E-state index contributed by atoms with van der Waals surface area (Å²) in [6, 6.07) is 0.608. The molecular formula is C11H20N2OS. The van der Waals surface area contributed by atoms with Crippen molar-refractivity contribution in [3.63, 3.8) is 0 Å². The predicted octanol–water partition coefficient (Wildman–Crippen LogP) is 1.44. The van der Waals surface area contributed by atoms with Crippen LogP contribution in [0.25, 0.3) is 0 Å². The van der Waals surface area contributed by atoms with E-state index in [1.807, 2.05) is 11.8 Å². The van der Waals surface area contributed by atoms with E-state index in [1.54, 1.807) is 0 Å². The summed E-state index contributed by atoms with van der Waals surface area (Å²) in [6.07, 6.45) is 4.51. The second-order valence-electron chi connectivity index (χ2n) is 4.38. The molecule has 1 N–H and O–H groups in total. The number of carbonyl (C=O) groups is 1. The SMILES string of the molecule is CCCCC1NCN(C2CCSC2)C1=O. The highest BCUT2D eigenvalue weighted by Crippen LogP contribution is 2.24. The Kier molecular flexibility index (Phi) is 3.92. The molecule has 0 aliphatic carbocycles. The molecule has 2 atom stereocenters. The van der Waals surface area contributed by atoms with E-state index < -0.39 is 0 Å². The topological polar surface area (TPSA) is 32.3 Å². The lowest BCUT2D eigenvalue weighted by Gasteiger charge is -2.22. The van der Waals surface area contributed by atoms with Gasteiger partial charge in [-0.25, -0.2) is 0 Å². The largest absolute Gasteiger partial charge is 0.325 e. The van der Waals surface area contributed by atoms with Gasteiger partial charge in [-0.05, 0) is 18.6 Å². The van der Waals surface area contributed by atoms with Crippen LogP contribution < -0.4 is 5.32 Å². The predicted molar refractivity (Wildman–Crippen MR) is 63.9 cm³/mol. The van der Waals surface area contributed by atoms with E-state index in [0.717, 1.165) is 25.3 Å². The zero-order valence-electron chi connectivity index (χ0n) is 9.37. The van der Waals surface area contributed by atoms with Crippen molar-refractivity contribution >= 4 is 17.7 Å². The van der Waals surface area contributed by atoms with E-state index in [1.165, 1.54) is 18.6 Å². The van der Waals surface area contributed by atoms with Crippen LogP contribution >= 0.6 is 11.8 Å². The number of rotatable bonds is 4. The third-order valence-electron chi connectivity index (χ3n) is 3.28. The molecule has 0 radical (unpaired) electrons. The van der Waals surface area contributed by atoms with Gasteiger partial charge in [-0.15, -0.1) is 0 Å². The number of carbonyl (C=O) groups excluding carboxylic acids is 1. The van der Waals surface area contributed by atoms with Crippen LogP contribution in [0, 0.1) is 0 Å². The summed E-state index contributed by atoms with van der Waals surface area (Å²) in [5.74, 6) is 2.69. The molecular weight excluding hydrogens is 208 g/mol. The first-order chi connectivity index (χ1) is 7.33. The van der Waals surface area contributed by atoms with Crippen molar-refractivity contribution < 1.29 is 4.79 Å². The minimum absolute atomic E-state index is 0.107. The van der Waals surface area contributed by atoms with Crippen molar-refractivity contribution in [1.82, 2.24) is 10.2 Å². The molecule has 0 bridgehead atoms. The first kappa shape index (κ1) is 11.3. The lowest BCUT2D eigenvalue weighted by Crippen LogP contribution is -2.38. The van der Waals surface area contributed by atoms with Gasteiger partial charge in [0.1, 0.15) is 0 Å². The molecule has 0 aromatic heterocycles. The Morgan fingerprint density at radius 2 is 2.47 bits per heavy atom. The Balaban J connectivity index is 1.85. The highest BCUT2D eigenvalue weighted by atomic mass is 32.2. The first-order valence-corrected chi connectivity index (χ1v) is 7.10. The molecule has 0 aromatic rings. The van der Waals surface area contributed by atoms with E-state index in [4.69, 9.17) is 0 Å². The van der Waals surface area contributed by atoms with Gasteiger partial charge in [0.15, 0.2) is 0 Å². The van der Waals surface area contributed by atoms with Crippen molar-refractivity contribution in [3.8, 4) is 0 Å². The monoisotopic (exact) mass is 228 g/mol. The lowest BCUT2D eigenvalue weighted by molar-refractivity contribution is -0.130. The van der Waals surface area contributed by atoms with Crippen LogP contribution in [0.4, 0.5) is 0 Å². The van der Waals surface area contributed by atoms with E-state index in [2.05, 4.69) is 17.1 Å². The molecule has 86 valence electrons. The molecule has 2 saturated heterocycles. The number of nitrogens with zero attached hydrogens (tertiary/aromatic N) is 1. The maximum atomic E-state index is 12.1. The molecule has 15 heavy (non-hydrogen) atoms. The smallest absolute Gasteiger partial charge is 0.241 e. The summed E-state index contributed by atoms with van der Waals surface area (Å²) in [4.78, 5) is 14.1. The molecule has 2 unspecified atom stereocenters. The standard InChI is InChI=1S/C11H20N2OS/c1-2-3-4-10-11(14)13(8-12-10)9-5-6-15-7-9/h9-10,12H,2-8H2,1H3. The number of unbranched alkanes of at least 4 members (excludes halogenated alkanes) is 1. The number of amides is 1. The Labute approximate surface area is 96.0 Å². The summed E-state index contributed by atoms with van der Waals surface area (Å²) in [5.41, 5.74) is 0. The quantitative estimate of drug-likeness (QED) is 0.790. The van der Waals surface area contributed by atoms with Gasteiger partial charge in [0.2, 0.25) is 5.91 Å². The van der Waals surface area contributed by atoms with Gasteiger partial charge in [-0.1, -0.05) is 19.8 Å². The van der Waals surface area contributed by atoms with Gasteiger partial charge in [-0.2, -0.15) is 11.8 Å². The van der Waals surface area contributed by atoms with Crippen LogP contribution in [0.15, 0.2) is 0 Å². The first-order valence-electron chi connectivity index (χ1n) is 5.94. The summed E-state index contributed by atoms with van der Waals surface area (Å²) in [5, 5.41) is 3.34. The molecule has 2 aliphatic rings. The van der Waals surface area contributed by atoms with E-state index in [9.17, 15) is 4.79 Å². The second kappa shape index (κ2) is 5.21. The van der Waals surface area contributed by atoms with Crippen LogP contribution in [-0.4, -0.2) is 41.1 Å². The fourth-order valence-electron chi connectivity index (χ4n) is 2.28. The average molecular weight is 228 g/mol. The van der Waals surface area contributed by atoms with Crippen LogP contribution in [0.5, 0.6) is 0 Å². The molecule has 4 heteroatoms. The number of hydrogen-bond donors (Lipinski definition) is 1. The number of hydrogen-bond acceptors (Lipinski definition) is 3. The molecule has 0 spiro atoms. The van der Waals surface area contributed by atoms with Crippen LogP contribution in [0.1, 0.15) is 32.6 Å². The van der Waals surface area contributed by atoms with Crippen molar-refractivity contribution in [3.05, 3.63) is 0 Å². The fraction of sp³-hybridized carbons (Fsp3) is 0.909. The van der Waals surface area contributed by atoms with Crippen molar-refractivity contribution in [2.24, 2.45) is 0 Å². The van der Waals surface area contributed by atoms with Crippen molar-refractivity contribution in [2.75, 3.05) is 18.2 Å². The van der Waals surface area contributed by atoms with Gasteiger partial charge in [-0.3, -0.25) is 10.1 Å². The van der Waals surface area contributed by atoms with Gasteiger partial charge in [0.25, 0.3) is 0 Å². The molecule has 0 saturated carbocycles. The molecule has 2 fully saturated rings. The van der Waals surface area contributed by atoms with E-state index in [0.29, 0.717) is 11.9 Å². The van der Waals surface area contributed by atoms with Gasteiger partial charge in [0.05, 0.1) is 12.7 Å². The molecule has 2 rings (SSSR count). The maximum absolute atomic E-state index is 12.1. The van der Waals surface area contributed by atoms with Gasteiger partial charge in [0, 0.05) is 11.8 Å². The second-order valence-corrected chi connectivity index (χ2v) is 5.53. The minimum atomic E-state index is 0.107. The Bertz CT molecular complexity index is 229. The molecule has 1 amide bonds. The van der Waals surface area contributed by atoms with E-state index in [-0.39, 0.29) is 6.04 Å². The summed E-state index contributed by atoms with van der Waals surface area (Å²) >= 11 is 1.97. The molecule has 0 aromatic carbocycles. The summed E-state index contributed by atoms with van der Waals surface area (Å²) < 4.78 is 0. The highest BCUT2D eigenvalue weighted by Gasteiger charge is 2.35. The lowest BCUT2D eigenvalue weighted by atomic mass is 10.1. The zero-order chi connectivity index (χ0) is 10.7. The Morgan fingerprint density at radius 3 is 3.13 bits per heavy atom. The molecule has 3 nitrogen and oxygen atoms in total. The Morgan fingerprint density at radius 1 is 1.60 bits per heavy atom. The number of thioether (sulfide) groups is 1. The minimum Gasteiger partial charge on any atom is -0.325 e. The summed E-state index contributed by atoms with van der Waals surface area (Å²) in [6.45, 7) is 2.95. The third-order valence-corrected chi connectivity index (χ3v) is 4.43. The van der Waals surface area contributed by atoms with Crippen molar-refractivity contribution in [2.45, 2.75) is 44.7 Å². The average Bonchev–Trinajstić information content (AvgIpc) is 2.84.